The molecule has 0 bridgehead atoms. The molecule has 0 aliphatic rings. The van der Waals surface area contributed by atoms with E-state index in [4.69, 9.17) is 0 Å². The number of aliphatic imine (C=N–C) groups is 1. The molecule has 0 unspecified atom stereocenters. The highest BCUT2D eigenvalue weighted by Gasteiger charge is 2.05. The highest BCUT2D eigenvalue weighted by atomic mass is 32.1. The lowest BCUT2D eigenvalue weighted by molar-refractivity contribution is 0.790. The van der Waals surface area contributed by atoms with Crippen molar-refractivity contribution in [2.24, 2.45) is 4.99 Å². The van der Waals surface area contributed by atoms with Crippen LogP contribution in [0.4, 0.5) is 0 Å². The maximum absolute atomic E-state index is 4.68. The Morgan fingerprint density at radius 1 is 1.08 bits per heavy atom. The second kappa shape index (κ2) is 8.61. The van der Waals surface area contributed by atoms with Gasteiger partial charge in [0.1, 0.15) is 5.01 Å². The zero-order valence-corrected chi connectivity index (χ0v) is 15.2. The van der Waals surface area contributed by atoms with Gasteiger partial charge in [-0.1, -0.05) is 36.4 Å². The molecule has 2 N–H and O–H groups in total. The number of guanidine groups is 1. The number of hydrogen-bond acceptors (Lipinski definition) is 4. The van der Waals surface area contributed by atoms with Crippen LogP contribution in [-0.4, -0.2) is 24.5 Å². The van der Waals surface area contributed by atoms with Crippen LogP contribution in [-0.2, 0) is 13.0 Å². The summed E-state index contributed by atoms with van der Waals surface area (Å²) in [7, 11) is 1.79. The summed E-state index contributed by atoms with van der Waals surface area (Å²) >= 11 is 3.45. The number of thiophene rings is 1. The standard InChI is InChI=1S/C18H20N4S2/c1-19-18(20-10-9-16-8-5-11-23-16)21-12-15-13-24-17(22-15)14-6-3-2-4-7-14/h2-8,11,13H,9-10,12H2,1H3,(H2,19,20,21). The van der Waals surface area contributed by atoms with Gasteiger partial charge < -0.3 is 10.6 Å². The largest absolute Gasteiger partial charge is 0.356 e. The number of nitrogens with one attached hydrogen (secondary N) is 2. The fourth-order valence-electron chi connectivity index (χ4n) is 2.26. The zero-order chi connectivity index (χ0) is 16.6. The maximum Gasteiger partial charge on any atom is 0.191 e. The van der Waals surface area contributed by atoms with Gasteiger partial charge in [0.15, 0.2) is 5.96 Å². The summed E-state index contributed by atoms with van der Waals surface area (Å²) in [6.45, 7) is 1.54. The average Bonchev–Trinajstić information content (AvgIpc) is 3.30. The first-order valence-electron chi connectivity index (χ1n) is 7.82. The van der Waals surface area contributed by atoms with Crippen molar-refractivity contribution in [2.75, 3.05) is 13.6 Å². The van der Waals surface area contributed by atoms with E-state index in [1.165, 1.54) is 4.88 Å². The predicted octanol–water partition coefficient (Wildman–Crippen LogP) is 3.78. The Hall–Kier alpha value is -2.18. The number of thiazole rings is 1. The van der Waals surface area contributed by atoms with E-state index in [1.807, 2.05) is 18.2 Å². The molecule has 0 fully saturated rings. The van der Waals surface area contributed by atoms with E-state index < -0.39 is 0 Å². The first-order valence-corrected chi connectivity index (χ1v) is 9.58. The minimum absolute atomic E-state index is 0.669. The monoisotopic (exact) mass is 356 g/mol. The third kappa shape index (κ3) is 4.66. The van der Waals surface area contributed by atoms with Crippen LogP contribution in [0.5, 0.6) is 0 Å². The molecular formula is C18H20N4S2. The second-order valence-electron chi connectivity index (χ2n) is 5.19. The van der Waals surface area contributed by atoms with Crippen LogP contribution in [0.25, 0.3) is 10.6 Å². The normalized spacial score (nSPS) is 11.5. The smallest absolute Gasteiger partial charge is 0.191 e. The molecule has 3 rings (SSSR count). The van der Waals surface area contributed by atoms with Gasteiger partial charge in [0.05, 0.1) is 12.2 Å². The Bertz CT molecular complexity index is 763. The molecule has 124 valence electrons. The zero-order valence-electron chi connectivity index (χ0n) is 13.5. The lowest BCUT2D eigenvalue weighted by Gasteiger charge is -2.10. The molecule has 24 heavy (non-hydrogen) atoms. The molecule has 0 saturated carbocycles. The summed E-state index contributed by atoms with van der Waals surface area (Å²) in [6, 6.07) is 14.5. The maximum atomic E-state index is 4.68. The molecule has 2 heterocycles. The Morgan fingerprint density at radius 2 is 1.96 bits per heavy atom. The van der Waals surface area contributed by atoms with Gasteiger partial charge in [0.2, 0.25) is 0 Å². The van der Waals surface area contributed by atoms with Crippen LogP contribution in [0.3, 0.4) is 0 Å². The van der Waals surface area contributed by atoms with Gasteiger partial charge in [-0.15, -0.1) is 22.7 Å². The Kier molecular flexibility index (Phi) is 5.98. The molecule has 1 aromatic carbocycles. The van der Waals surface area contributed by atoms with Gasteiger partial charge >= 0.3 is 0 Å². The summed E-state index contributed by atoms with van der Waals surface area (Å²) in [5.74, 6) is 0.806. The van der Waals surface area contributed by atoms with E-state index in [9.17, 15) is 0 Å². The van der Waals surface area contributed by atoms with Crippen LogP contribution in [0.1, 0.15) is 10.6 Å². The fraction of sp³-hybridized carbons (Fsp3) is 0.222. The Morgan fingerprint density at radius 3 is 2.71 bits per heavy atom. The molecule has 0 radical (unpaired) electrons. The van der Waals surface area contributed by atoms with Gasteiger partial charge in [0, 0.05) is 29.4 Å². The van der Waals surface area contributed by atoms with E-state index in [0.29, 0.717) is 6.54 Å². The van der Waals surface area contributed by atoms with Crippen molar-refractivity contribution in [2.45, 2.75) is 13.0 Å². The first-order chi connectivity index (χ1) is 11.8. The molecule has 2 aromatic heterocycles. The van der Waals surface area contributed by atoms with E-state index in [-0.39, 0.29) is 0 Å². The van der Waals surface area contributed by atoms with Crippen LogP contribution >= 0.6 is 22.7 Å². The second-order valence-corrected chi connectivity index (χ2v) is 7.08. The minimum Gasteiger partial charge on any atom is -0.356 e. The van der Waals surface area contributed by atoms with Gasteiger partial charge in [-0.2, -0.15) is 0 Å². The van der Waals surface area contributed by atoms with Gasteiger partial charge in [-0.3, -0.25) is 4.99 Å². The van der Waals surface area contributed by atoms with Gasteiger partial charge in [-0.25, -0.2) is 4.98 Å². The lowest BCUT2D eigenvalue weighted by Crippen LogP contribution is -2.37. The van der Waals surface area contributed by atoms with Gasteiger partial charge in [0.25, 0.3) is 0 Å². The molecule has 6 heteroatoms. The van der Waals surface area contributed by atoms with E-state index in [0.717, 1.165) is 35.2 Å². The van der Waals surface area contributed by atoms with E-state index in [2.05, 4.69) is 55.6 Å². The third-order valence-corrected chi connectivity index (χ3v) is 5.35. The number of hydrogen-bond donors (Lipinski definition) is 2. The van der Waals surface area contributed by atoms with Crippen LogP contribution in [0.15, 0.2) is 58.2 Å². The fourth-order valence-corrected chi connectivity index (χ4v) is 3.79. The molecule has 3 aromatic rings. The topological polar surface area (TPSA) is 49.3 Å². The summed E-state index contributed by atoms with van der Waals surface area (Å²) in [5.41, 5.74) is 2.19. The SMILES string of the molecule is CN=C(NCCc1cccs1)NCc1csc(-c2ccccc2)n1. The van der Waals surface area contributed by atoms with Crippen LogP contribution in [0, 0.1) is 0 Å². The van der Waals surface area contributed by atoms with Crippen molar-refractivity contribution < 1.29 is 0 Å². The highest BCUT2D eigenvalue weighted by Crippen LogP contribution is 2.23. The Balaban J connectivity index is 1.48. The molecule has 0 aliphatic carbocycles. The van der Waals surface area contributed by atoms with Crippen molar-refractivity contribution in [1.29, 1.82) is 0 Å². The molecule has 4 nitrogen and oxygen atoms in total. The number of rotatable bonds is 6. The number of benzene rings is 1. The van der Waals surface area contributed by atoms with Crippen molar-refractivity contribution in [3.8, 4) is 10.6 Å². The summed E-state index contributed by atoms with van der Waals surface area (Å²) in [5, 5.41) is 11.9. The Labute approximate surface area is 150 Å². The van der Waals surface area contributed by atoms with Crippen LogP contribution < -0.4 is 10.6 Å². The number of aromatic nitrogens is 1. The molecule has 0 saturated heterocycles. The van der Waals surface area contributed by atoms with Gasteiger partial charge in [-0.05, 0) is 17.9 Å². The molecule has 0 aliphatic heterocycles. The average molecular weight is 357 g/mol. The van der Waals surface area contributed by atoms with E-state index in [1.54, 1.807) is 29.7 Å². The third-order valence-electron chi connectivity index (χ3n) is 3.48. The van der Waals surface area contributed by atoms with E-state index >= 15 is 0 Å². The summed E-state index contributed by atoms with van der Waals surface area (Å²) in [4.78, 5) is 10.3. The van der Waals surface area contributed by atoms with Crippen molar-refractivity contribution in [3.63, 3.8) is 0 Å². The van der Waals surface area contributed by atoms with Crippen molar-refractivity contribution in [3.05, 3.63) is 63.8 Å². The lowest BCUT2D eigenvalue weighted by atomic mass is 10.2. The predicted molar refractivity (Wildman–Crippen MR) is 104 cm³/mol. The van der Waals surface area contributed by atoms with Crippen molar-refractivity contribution in [1.82, 2.24) is 15.6 Å². The highest BCUT2D eigenvalue weighted by molar-refractivity contribution is 7.13. The molecule has 0 spiro atoms. The quantitative estimate of drug-likeness (QED) is 0.522. The molecular weight excluding hydrogens is 336 g/mol. The first kappa shape index (κ1) is 16.7. The summed E-state index contributed by atoms with van der Waals surface area (Å²) < 4.78 is 0. The minimum atomic E-state index is 0.669. The number of nitrogens with zero attached hydrogens (tertiary/aromatic N) is 2. The molecule has 0 atom stereocenters. The molecule has 0 amide bonds. The summed E-state index contributed by atoms with van der Waals surface area (Å²) in [6.07, 6.45) is 1.01. The van der Waals surface area contributed by atoms with Crippen LogP contribution in [0.2, 0.25) is 0 Å². The van der Waals surface area contributed by atoms with Crippen molar-refractivity contribution >= 4 is 28.6 Å².